The molecule has 3 rings (SSSR count). The zero-order valence-corrected chi connectivity index (χ0v) is 9.22. The summed E-state index contributed by atoms with van der Waals surface area (Å²) >= 11 is 0. The monoisotopic (exact) mass is 217 g/mol. The molecule has 3 N–H and O–H groups in total. The number of hydrogen-bond acceptors (Lipinski definition) is 3. The first-order valence-corrected chi connectivity index (χ1v) is 5.63. The number of aromatic nitrogens is 2. The van der Waals surface area contributed by atoms with Gasteiger partial charge in [0.25, 0.3) is 0 Å². The van der Waals surface area contributed by atoms with Gasteiger partial charge in [-0.1, -0.05) is 0 Å². The predicted molar refractivity (Wildman–Crippen MR) is 62.3 cm³/mol. The number of nitrogens with two attached hydrogens (primary N) is 1. The molecule has 0 aliphatic heterocycles. The molecule has 1 fully saturated rings. The number of benzene rings is 1. The van der Waals surface area contributed by atoms with E-state index < -0.39 is 0 Å². The van der Waals surface area contributed by atoms with Crippen molar-refractivity contribution in [2.24, 2.45) is 5.73 Å². The fourth-order valence-electron chi connectivity index (χ4n) is 2.14. The van der Waals surface area contributed by atoms with E-state index in [-0.39, 0.29) is 11.8 Å². The first kappa shape index (κ1) is 9.66. The first-order chi connectivity index (χ1) is 7.66. The van der Waals surface area contributed by atoms with E-state index in [1.165, 1.54) is 12.8 Å². The third-order valence-electron chi connectivity index (χ3n) is 3.02. The van der Waals surface area contributed by atoms with Crippen LogP contribution in [0, 0.1) is 0 Å². The smallest absolute Gasteiger partial charge is 0.126 e. The van der Waals surface area contributed by atoms with Gasteiger partial charge >= 0.3 is 0 Å². The highest BCUT2D eigenvalue weighted by Crippen LogP contribution is 2.40. The number of aromatic hydroxyl groups is 1. The largest absolute Gasteiger partial charge is 0.508 e. The second-order valence-electron chi connectivity index (χ2n) is 4.53. The Labute approximate surface area is 93.7 Å². The fourth-order valence-corrected chi connectivity index (χ4v) is 2.14. The second kappa shape index (κ2) is 3.22. The van der Waals surface area contributed by atoms with E-state index in [9.17, 15) is 5.11 Å². The second-order valence-corrected chi connectivity index (χ2v) is 4.53. The molecule has 4 heteroatoms. The number of fused-ring (bicyclic) bond motifs is 1. The van der Waals surface area contributed by atoms with Crippen LogP contribution in [0.25, 0.3) is 11.0 Å². The molecule has 0 bridgehead atoms. The lowest BCUT2D eigenvalue weighted by Crippen LogP contribution is -2.12. The Morgan fingerprint density at radius 2 is 2.25 bits per heavy atom. The van der Waals surface area contributed by atoms with Crippen molar-refractivity contribution in [1.29, 1.82) is 0 Å². The van der Waals surface area contributed by atoms with E-state index in [2.05, 4.69) is 9.55 Å². The van der Waals surface area contributed by atoms with E-state index in [4.69, 9.17) is 5.73 Å². The molecule has 4 nitrogen and oxygen atoms in total. The van der Waals surface area contributed by atoms with Gasteiger partial charge in [-0.3, -0.25) is 0 Å². The van der Waals surface area contributed by atoms with Crippen LogP contribution in [0.5, 0.6) is 5.75 Å². The van der Waals surface area contributed by atoms with E-state index in [1.807, 2.05) is 13.0 Å². The predicted octanol–water partition coefficient (Wildman–Crippen LogP) is 2.10. The van der Waals surface area contributed by atoms with Gasteiger partial charge in [-0.05, 0) is 31.9 Å². The van der Waals surface area contributed by atoms with Crippen LogP contribution in [0.2, 0.25) is 0 Å². The van der Waals surface area contributed by atoms with Crippen molar-refractivity contribution >= 4 is 11.0 Å². The molecule has 1 saturated carbocycles. The molecule has 0 unspecified atom stereocenters. The minimum Gasteiger partial charge on any atom is -0.508 e. The summed E-state index contributed by atoms with van der Waals surface area (Å²) in [6.45, 7) is 1.94. The Bertz CT molecular complexity index is 540. The Morgan fingerprint density at radius 1 is 1.50 bits per heavy atom. The van der Waals surface area contributed by atoms with Crippen molar-refractivity contribution in [3.63, 3.8) is 0 Å². The zero-order valence-electron chi connectivity index (χ0n) is 9.22. The molecule has 0 saturated heterocycles. The first-order valence-electron chi connectivity index (χ1n) is 5.63. The van der Waals surface area contributed by atoms with Gasteiger partial charge in [-0.25, -0.2) is 4.98 Å². The summed E-state index contributed by atoms with van der Waals surface area (Å²) in [6.07, 6.45) is 2.36. The number of imidazole rings is 1. The summed E-state index contributed by atoms with van der Waals surface area (Å²) in [4.78, 5) is 4.54. The molecule has 1 atom stereocenters. The molecular weight excluding hydrogens is 202 g/mol. The molecular formula is C12H15N3O. The van der Waals surface area contributed by atoms with E-state index in [0.717, 1.165) is 16.9 Å². The quantitative estimate of drug-likeness (QED) is 0.809. The molecule has 1 heterocycles. The van der Waals surface area contributed by atoms with Crippen LogP contribution in [0.3, 0.4) is 0 Å². The van der Waals surface area contributed by atoms with Crippen LogP contribution >= 0.6 is 0 Å². The highest BCUT2D eigenvalue weighted by atomic mass is 16.3. The lowest BCUT2D eigenvalue weighted by Gasteiger charge is -2.09. The molecule has 0 spiro atoms. The van der Waals surface area contributed by atoms with Crippen molar-refractivity contribution < 1.29 is 5.11 Å². The highest BCUT2D eigenvalue weighted by molar-refractivity contribution is 5.78. The van der Waals surface area contributed by atoms with Crippen LogP contribution in [-0.4, -0.2) is 14.7 Å². The van der Waals surface area contributed by atoms with Gasteiger partial charge in [0.05, 0.1) is 17.1 Å². The summed E-state index contributed by atoms with van der Waals surface area (Å²) in [6, 6.07) is 5.72. The highest BCUT2D eigenvalue weighted by Gasteiger charge is 2.29. The molecule has 1 aromatic heterocycles. The van der Waals surface area contributed by atoms with E-state index >= 15 is 0 Å². The van der Waals surface area contributed by atoms with Crippen molar-refractivity contribution in [3.05, 3.63) is 24.0 Å². The Kier molecular flexibility index (Phi) is 1.94. The van der Waals surface area contributed by atoms with E-state index in [1.54, 1.807) is 12.1 Å². The average molecular weight is 217 g/mol. The maximum atomic E-state index is 9.53. The van der Waals surface area contributed by atoms with Gasteiger partial charge < -0.3 is 15.4 Å². The van der Waals surface area contributed by atoms with Crippen LogP contribution in [-0.2, 0) is 0 Å². The summed E-state index contributed by atoms with van der Waals surface area (Å²) < 4.78 is 2.18. The maximum absolute atomic E-state index is 9.53. The van der Waals surface area contributed by atoms with Gasteiger partial charge in [0.2, 0.25) is 0 Å². The van der Waals surface area contributed by atoms with Crippen molar-refractivity contribution in [2.75, 3.05) is 0 Å². The SMILES string of the molecule is C[C@H](N)c1nc2ccc(O)cc2n1C1CC1. The van der Waals surface area contributed by atoms with Gasteiger partial charge in [0.15, 0.2) is 0 Å². The minimum absolute atomic E-state index is 0.0739. The lowest BCUT2D eigenvalue weighted by molar-refractivity contribution is 0.475. The zero-order chi connectivity index (χ0) is 11.3. The molecule has 2 aromatic rings. The molecule has 1 aliphatic carbocycles. The Morgan fingerprint density at radius 3 is 2.88 bits per heavy atom. The number of phenolic OH excluding ortho intramolecular Hbond substituents is 1. The Balaban J connectivity index is 2.29. The van der Waals surface area contributed by atoms with Crippen LogP contribution < -0.4 is 5.73 Å². The minimum atomic E-state index is -0.0739. The van der Waals surface area contributed by atoms with Gasteiger partial charge in [-0.15, -0.1) is 0 Å². The van der Waals surface area contributed by atoms with Crippen molar-refractivity contribution in [3.8, 4) is 5.75 Å². The number of rotatable bonds is 2. The van der Waals surface area contributed by atoms with Crippen LogP contribution in [0.1, 0.15) is 37.7 Å². The maximum Gasteiger partial charge on any atom is 0.126 e. The molecule has 1 aliphatic rings. The van der Waals surface area contributed by atoms with Gasteiger partial charge in [-0.2, -0.15) is 0 Å². The van der Waals surface area contributed by atoms with Crippen LogP contribution in [0.4, 0.5) is 0 Å². The normalized spacial score (nSPS) is 17.9. The van der Waals surface area contributed by atoms with Crippen molar-refractivity contribution in [2.45, 2.75) is 31.8 Å². The standard InChI is InChI=1S/C12H15N3O/c1-7(13)12-14-10-5-4-9(16)6-11(10)15(12)8-2-3-8/h4-8,16H,2-3,13H2,1H3/t7-/m0/s1. The fraction of sp³-hybridized carbons (Fsp3) is 0.417. The molecule has 16 heavy (non-hydrogen) atoms. The average Bonchev–Trinajstić information content (AvgIpc) is 2.99. The molecule has 84 valence electrons. The Hall–Kier alpha value is -1.55. The summed E-state index contributed by atoms with van der Waals surface area (Å²) in [5.41, 5.74) is 7.85. The topological polar surface area (TPSA) is 64.1 Å². The molecule has 1 aromatic carbocycles. The number of phenols is 1. The van der Waals surface area contributed by atoms with Crippen molar-refractivity contribution in [1.82, 2.24) is 9.55 Å². The third-order valence-corrected chi connectivity index (χ3v) is 3.02. The van der Waals surface area contributed by atoms with Gasteiger partial charge in [0, 0.05) is 12.1 Å². The lowest BCUT2D eigenvalue weighted by atomic mass is 10.3. The third kappa shape index (κ3) is 1.38. The number of hydrogen-bond donors (Lipinski definition) is 2. The summed E-state index contributed by atoms with van der Waals surface area (Å²) in [7, 11) is 0. The summed E-state index contributed by atoms with van der Waals surface area (Å²) in [5.74, 6) is 1.20. The molecule has 0 radical (unpaired) electrons. The van der Waals surface area contributed by atoms with Crippen LogP contribution in [0.15, 0.2) is 18.2 Å². The molecule has 0 amide bonds. The summed E-state index contributed by atoms with van der Waals surface area (Å²) in [5, 5.41) is 9.53. The van der Waals surface area contributed by atoms with E-state index in [0.29, 0.717) is 6.04 Å². The van der Waals surface area contributed by atoms with Gasteiger partial charge in [0.1, 0.15) is 11.6 Å². The number of nitrogens with zero attached hydrogens (tertiary/aromatic N) is 2.